The third-order valence-electron chi connectivity index (χ3n) is 0. The van der Waals surface area contributed by atoms with Gasteiger partial charge in [0.15, 0.2) is 0 Å². The van der Waals surface area contributed by atoms with Gasteiger partial charge in [0, 0.05) is 45.8 Å². The Morgan fingerprint density at radius 2 is 0.600 bits per heavy atom. The van der Waals surface area contributed by atoms with Crippen LogP contribution in [0, 0.1) is 47.3 Å². The summed E-state index contributed by atoms with van der Waals surface area (Å²) in [5.74, 6) is 0. The van der Waals surface area contributed by atoms with E-state index in [4.69, 9.17) is 21.0 Å². The molecule has 0 saturated carbocycles. The first-order valence-electron chi connectivity index (χ1n) is 1.03. The standard InChI is InChI=1S/4CHN.Na.Zn.H/c4*1-2;;;/h4*1H;;;/q;;;;+1;;-1. The molecule has 0 heterocycles. The molecule has 6 heteroatoms. The van der Waals surface area contributed by atoms with Crippen molar-refractivity contribution in [3.8, 4) is 26.3 Å². The summed E-state index contributed by atoms with van der Waals surface area (Å²) in [5, 5.41) is 26.0. The predicted octanol–water partition coefficient (Wildman–Crippen LogP) is -2.33. The van der Waals surface area contributed by atoms with Crippen molar-refractivity contribution in [3.05, 3.63) is 0 Å². The number of hydrogen-bond acceptors (Lipinski definition) is 4. The first-order chi connectivity index (χ1) is 4.00. The van der Waals surface area contributed by atoms with Gasteiger partial charge in [0.1, 0.15) is 0 Å². The molecule has 0 aliphatic heterocycles. The quantitative estimate of drug-likeness (QED) is 0.407. The fourth-order valence-corrected chi connectivity index (χ4v) is 0. The summed E-state index contributed by atoms with van der Waals surface area (Å²) in [7, 11) is 0. The van der Waals surface area contributed by atoms with Gasteiger partial charge in [-0.15, -0.1) is 0 Å². The molecule has 4 nitrogen and oxygen atoms in total. The van der Waals surface area contributed by atoms with Crippen LogP contribution in [0.5, 0.6) is 0 Å². The third-order valence-corrected chi connectivity index (χ3v) is 0. The smallest absolute Gasteiger partial charge is 1.00 e. The van der Waals surface area contributed by atoms with Gasteiger partial charge in [0.2, 0.25) is 0 Å². The van der Waals surface area contributed by atoms with Crippen LogP contribution in [0.4, 0.5) is 0 Å². The molecule has 10 heavy (non-hydrogen) atoms. The van der Waals surface area contributed by atoms with E-state index in [0.717, 1.165) is 0 Å². The number of rotatable bonds is 0. The Bertz CT molecular complexity index is 65.1. The number of nitrogens with zero attached hydrogens (tertiary/aromatic N) is 4. The fraction of sp³-hybridized carbons (Fsp3) is 0. The van der Waals surface area contributed by atoms with Crippen LogP contribution in [0.25, 0.3) is 0 Å². The monoisotopic (exact) mass is 196 g/mol. The van der Waals surface area contributed by atoms with E-state index in [-0.39, 0.29) is 50.5 Å². The van der Waals surface area contributed by atoms with Crippen LogP contribution in [-0.2, 0) is 19.5 Å². The van der Waals surface area contributed by atoms with Crippen molar-refractivity contribution in [2.75, 3.05) is 0 Å². The van der Waals surface area contributed by atoms with E-state index in [1.54, 1.807) is 0 Å². The molecule has 0 fully saturated rings. The van der Waals surface area contributed by atoms with Crippen molar-refractivity contribution in [1.29, 1.82) is 21.0 Å². The molecule has 0 radical (unpaired) electrons. The summed E-state index contributed by atoms with van der Waals surface area (Å²) in [6.07, 6.45) is 0. The molecule has 0 spiro atoms. The molecular weight excluding hydrogens is 192 g/mol. The Hall–Kier alpha value is -0.417. The number of nitriles is 4. The van der Waals surface area contributed by atoms with Gasteiger partial charge in [-0.25, -0.2) is 21.0 Å². The van der Waals surface area contributed by atoms with E-state index in [1.165, 1.54) is 0 Å². The Balaban J connectivity index is -0.00000000356. The van der Waals surface area contributed by atoms with Crippen molar-refractivity contribution >= 4 is 0 Å². The third kappa shape index (κ3) is 1890. The molecule has 0 amide bonds. The maximum Gasteiger partial charge on any atom is 1.00 e. The van der Waals surface area contributed by atoms with Gasteiger partial charge in [0.05, 0.1) is 0 Å². The second-order valence-electron chi connectivity index (χ2n) is 0. The van der Waals surface area contributed by atoms with E-state index in [0.29, 0.717) is 0 Å². The Labute approximate surface area is 97.2 Å². The van der Waals surface area contributed by atoms with Gasteiger partial charge in [-0.3, -0.25) is 0 Å². The minimum absolute atomic E-state index is 0. The minimum atomic E-state index is 0. The maximum absolute atomic E-state index is 6.50. The second-order valence-corrected chi connectivity index (χ2v) is 0. The van der Waals surface area contributed by atoms with Crippen LogP contribution in [-0.4, -0.2) is 0 Å². The van der Waals surface area contributed by atoms with Crippen molar-refractivity contribution in [1.82, 2.24) is 0 Å². The molecule has 0 N–H and O–H groups in total. The normalized spacial score (nSPS) is 0.800. The van der Waals surface area contributed by atoms with Crippen molar-refractivity contribution in [2.45, 2.75) is 0 Å². The molecule has 0 aliphatic carbocycles. The Kier molecular flexibility index (Phi) is 15600. The van der Waals surface area contributed by atoms with Crippen LogP contribution in [0.15, 0.2) is 0 Å². The van der Waals surface area contributed by atoms with E-state index in [9.17, 15) is 0 Å². The predicted molar refractivity (Wildman–Crippen MR) is 27.8 cm³/mol. The minimum Gasteiger partial charge on any atom is -1.00 e. The Morgan fingerprint density at radius 1 is 0.600 bits per heavy atom. The fourth-order valence-electron chi connectivity index (χ4n) is 0. The van der Waals surface area contributed by atoms with Crippen molar-refractivity contribution < 1.29 is 50.5 Å². The first-order valence-corrected chi connectivity index (χ1v) is 1.03. The maximum atomic E-state index is 6.50. The summed E-state index contributed by atoms with van der Waals surface area (Å²) >= 11 is 0. The number of hydrogen-bond donors (Lipinski definition) is 0. The van der Waals surface area contributed by atoms with Gasteiger partial charge < -0.3 is 1.43 Å². The SMILES string of the molecule is C#N.C#N.C#N.C#N.[H-].[Na+].[Zn]. The summed E-state index contributed by atoms with van der Waals surface area (Å²) in [4.78, 5) is 0. The Morgan fingerprint density at radius 3 is 0.600 bits per heavy atom. The molecule has 0 bridgehead atoms. The molecule has 0 aromatic carbocycles. The van der Waals surface area contributed by atoms with Gasteiger partial charge in [0.25, 0.3) is 0 Å². The van der Waals surface area contributed by atoms with Gasteiger partial charge in [-0.1, -0.05) is 0 Å². The van der Waals surface area contributed by atoms with Gasteiger partial charge in [-0.05, 0) is 0 Å². The zero-order valence-corrected chi connectivity index (χ0v) is 10.8. The summed E-state index contributed by atoms with van der Waals surface area (Å²) < 4.78 is 0. The average molecular weight is 197 g/mol. The molecule has 0 unspecified atom stereocenters. The zero-order valence-electron chi connectivity index (χ0n) is 6.81. The molecule has 0 aromatic heterocycles. The first kappa shape index (κ1) is 55.0. The zero-order chi connectivity index (χ0) is 8.00. The average Bonchev–Trinajstić information content (AvgIpc) is 2.03. The topological polar surface area (TPSA) is 95.2 Å². The molecular formula is C4H5N4NaZn. The summed E-state index contributed by atoms with van der Waals surface area (Å²) in [6.45, 7) is 14.0. The molecule has 0 atom stereocenters. The van der Waals surface area contributed by atoms with Crippen LogP contribution in [0.2, 0.25) is 0 Å². The molecule has 0 rings (SSSR count). The van der Waals surface area contributed by atoms with Crippen LogP contribution in [0.1, 0.15) is 1.43 Å². The van der Waals surface area contributed by atoms with Crippen LogP contribution < -0.4 is 29.6 Å². The largest absolute Gasteiger partial charge is 1.00 e. The summed E-state index contributed by atoms with van der Waals surface area (Å²) in [5.41, 5.74) is 0. The van der Waals surface area contributed by atoms with Gasteiger partial charge in [-0.2, -0.15) is 0 Å². The van der Waals surface area contributed by atoms with Crippen molar-refractivity contribution in [2.24, 2.45) is 0 Å². The van der Waals surface area contributed by atoms with Crippen LogP contribution in [0.3, 0.4) is 0 Å². The van der Waals surface area contributed by atoms with E-state index in [1.807, 2.05) is 0 Å². The van der Waals surface area contributed by atoms with Crippen molar-refractivity contribution in [3.63, 3.8) is 0 Å². The van der Waals surface area contributed by atoms with E-state index >= 15 is 0 Å². The molecule has 0 aliphatic rings. The van der Waals surface area contributed by atoms with Gasteiger partial charge >= 0.3 is 29.6 Å². The second kappa shape index (κ2) is 2840. The van der Waals surface area contributed by atoms with E-state index < -0.39 is 0 Å². The molecule has 0 aromatic rings. The summed E-state index contributed by atoms with van der Waals surface area (Å²) in [6, 6.07) is 0. The van der Waals surface area contributed by atoms with Crippen LogP contribution >= 0.6 is 0 Å². The molecule has 0 saturated heterocycles. The van der Waals surface area contributed by atoms with E-state index in [2.05, 4.69) is 26.3 Å². The molecule has 44 valence electrons.